The fourth-order valence-electron chi connectivity index (χ4n) is 2.56. The van der Waals surface area contributed by atoms with Crippen molar-refractivity contribution in [2.24, 2.45) is 4.99 Å². The molecule has 3 aromatic rings. The van der Waals surface area contributed by atoms with Crippen LogP contribution in [0, 0.1) is 5.82 Å². The van der Waals surface area contributed by atoms with Crippen LogP contribution in [-0.2, 0) is 6.54 Å². The summed E-state index contributed by atoms with van der Waals surface area (Å²) < 4.78 is 15.2. The van der Waals surface area contributed by atoms with Gasteiger partial charge in [0.05, 0.1) is 12.2 Å². The van der Waals surface area contributed by atoms with Crippen LogP contribution in [0.1, 0.15) is 17.0 Å². The first-order valence-corrected chi connectivity index (χ1v) is 6.75. The van der Waals surface area contributed by atoms with Gasteiger partial charge in [-0.3, -0.25) is 0 Å². The molecule has 102 valence electrons. The van der Waals surface area contributed by atoms with Gasteiger partial charge in [0.25, 0.3) is 0 Å². The van der Waals surface area contributed by atoms with Gasteiger partial charge in [-0.15, -0.1) is 0 Å². The SMILES string of the molecule is Fc1ccc(C2=Nc3ccccc3Cn3ccnc32)cc1. The molecule has 0 unspecified atom stereocenters. The summed E-state index contributed by atoms with van der Waals surface area (Å²) in [4.78, 5) is 9.18. The van der Waals surface area contributed by atoms with E-state index in [1.165, 1.54) is 12.1 Å². The standard InChI is InChI=1S/C17H12FN3/c18-14-7-5-12(6-8-14)16-17-19-9-10-21(17)11-13-3-1-2-4-15(13)20-16/h1-10H,11H2. The molecule has 0 fully saturated rings. The van der Waals surface area contributed by atoms with E-state index in [4.69, 9.17) is 4.99 Å². The van der Waals surface area contributed by atoms with Gasteiger partial charge in [-0.25, -0.2) is 14.4 Å². The van der Waals surface area contributed by atoms with Crippen molar-refractivity contribution in [3.8, 4) is 0 Å². The quantitative estimate of drug-likeness (QED) is 0.523. The summed E-state index contributed by atoms with van der Waals surface area (Å²) in [6.07, 6.45) is 3.71. The Morgan fingerprint density at radius 2 is 1.81 bits per heavy atom. The van der Waals surface area contributed by atoms with Gasteiger partial charge in [-0.05, 0) is 35.9 Å². The molecule has 3 nitrogen and oxygen atoms in total. The summed E-state index contributed by atoms with van der Waals surface area (Å²) in [6.45, 7) is 0.736. The lowest BCUT2D eigenvalue weighted by atomic mass is 10.1. The summed E-state index contributed by atoms with van der Waals surface area (Å²) in [6, 6.07) is 14.4. The van der Waals surface area contributed by atoms with Gasteiger partial charge in [0.15, 0.2) is 5.82 Å². The van der Waals surface area contributed by atoms with Crippen LogP contribution in [0.3, 0.4) is 0 Å². The van der Waals surface area contributed by atoms with Gasteiger partial charge in [-0.1, -0.05) is 18.2 Å². The smallest absolute Gasteiger partial charge is 0.159 e. The number of aromatic nitrogens is 2. The zero-order chi connectivity index (χ0) is 14.2. The second kappa shape index (κ2) is 4.66. The van der Waals surface area contributed by atoms with Crippen LogP contribution in [0.15, 0.2) is 65.9 Å². The predicted octanol–water partition coefficient (Wildman–Crippen LogP) is 3.55. The molecule has 0 radical (unpaired) electrons. The van der Waals surface area contributed by atoms with Gasteiger partial charge in [0, 0.05) is 18.0 Å². The Balaban J connectivity index is 1.96. The zero-order valence-electron chi connectivity index (χ0n) is 11.2. The lowest BCUT2D eigenvalue weighted by Gasteiger charge is -2.06. The lowest BCUT2D eigenvalue weighted by Crippen LogP contribution is -2.10. The highest BCUT2D eigenvalue weighted by Gasteiger charge is 2.18. The number of hydrogen-bond acceptors (Lipinski definition) is 2. The van der Waals surface area contributed by atoms with Crippen molar-refractivity contribution in [1.29, 1.82) is 0 Å². The van der Waals surface area contributed by atoms with E-state index in [1.54, 1.807) is 18.3 Å². The summed E-state index contributed by atoms with van der Waals surface area (Å²) in [5.74, 6) is 0.550. The molecule has 0 amide bonds. The monoisotopic (exact) mass is 277 g/mol. The Morgan fingerprint density at radius 3 is 2.67 bits per heavy atom. The number of aliphatic imine (C=N–C) groups is 1. The molecule has 2 aromatic carbocycles. The highest BCUT2D eigenvalue weighted by Crippen LogP contribution is 2.26. The van der Waals surface area contributed by atoms with Crippen molar-refractivity contribution >= 4 is 11.4 Å². The number of imidazole rings is 1. The summed E-state index contributed by atoms with van der Waals surface area (Å²) >= 11 is 0. The minimum Gasteiger partial charge on any atom is -0.325 e. The largest absolute Gasteiger partial charge is 0.325 e. The summed E-state index contributed by atoms with van der Waals surface area (Å²) in [5.41, 5.74) is 3.71. The van der Waals surface area contributed by atoms with E-state index < -0.39 is 0 Å². The fourth-order valence-corrected chi connectivity index (χ4v) is 2.56. The molecule has 1 aliphatic rings. The van der Waals surface area contributed by atoms with Crippen LogP contribution in [0.2, 0.25) is 0 Å². The topological polar surface area (TPSA) is 30.2 Å². The third-order valence-electron chi connectivity index (χ3n) is 3.61. The Bertz CT molecular complexity index is 831. The molecule has 0 atom stereocenters. The molecular formula is C17H12FN3. The molecule has 0 aliphatic carbocycles. The van der Waals surface area contributed by atoms with E-state index >= 15 is 0 Å². The first-order chi connectivity index (χ1) is 10.3. The normalized spacial score (nSPS) is 13.1. The zero-order valence-corrected chi connectivity index (χ0v) is 11.2. The van der Waals surface area contributed by atoms with Crippen molar-refractivity contribution in [2.75, 3.05) is 0 Å². The highest BCUT2D eigenvalue weighted by atomic mass is 19.1. The van der Waals surface area contributed by atoms with E-state index in [0.29, 0.717) is 0 Å². The fraction of sp³-hybridized carbons (Fsp3) is 0.0588. The molecule has 0 saturated heterocycles. The minimum atomic E-state index is -0.253. The maximum absolute atomic E-state index is 13.1. The average molecular weight is 277 g/mol. The summed E-state index contributed by atoms with van der Waals surface area (Å²) in [7, 11) is 0. The van der Waals surface area contributed by atoms with Crippen LogP contribution in [0.5, 0.6) is 0 Å². The van der Waals surface area contributed by atoms with Crippen LogP contribution in [-0.4, -0.2) is 15.3 Å². The Morgan fingerprint density at radius 1 is 1.00 bits per heavy atom. The maximum Gasteiger partial charge on any atom is 0.159 e. The van der Waals surface area contributed by atoms with Gasteiger partial charge in [0.2, 0.25) is 0 Å². The second-order valence-electron chi connectivity index (χ2n) is 4.97. The molecule has 1 aromatic heterocycles. The summed E-state index contributed by atoms with van der Waals surface area (Å²) in [5, 5.41) is 0. The number of para-hydroxylation sites is 1. The molecule has 4 heteroatoms. The number of benzene rings is 2. The third kappa shape index (κ3) is 2.05. The number of hydrogen-bond donors (Lipinski definition) is 0. The first kappa shape index (κ1) is 12.0. The molecule has 4 rings (SSSR count). The molecule has 21 heavy (non-hydrogen) atoms. The molecule has 0 bridgehead atoms. The molecule has 0 N–H and O–H groups in total. The number of halogens is 1. The Labute approximate surface area is 121 Å². The van der Waals surface area contributed by atoms with Crippen molar-refractivity contribution in [1.82, 2.24) is 9.55 Å². The van der Waals surface area contributed by atoms with Gasteiger partial charge in [0.1, 0.15) is 11.5 Å². The highest BCUT2D eigenvalue weighted by molar-refractivity contribution is 6.12. The van der Waals surface area contributed by atoms with Gasteiger partial charge >= 0.3 is 0 Å². The van der Waals surface area contributed by atoms with Crippen molar-refractivity contribution in [3.63, 3.8) is 0 Å². The van der Waals surface area contributed by atoms with Crippen LogP contribution < -0.4 is 0 Å². The van der Waals surface area contributed by atoms with E-state index in [-0.39, 0.29) is 5.82 Å². The van der Waals surface area contributed by atoms with Crippen molar-refractivity contribution in [3.05, 3.63) is 83.7 Å². The van der Waals surface area contributed by atoms with E-state index in [9.17, 15) is 4.39 Å². The number of rotatable bonds is 1. The molecular weight excluding hydrogens is 265 g/mol. The predicted molar refractivity (Wildman–Crippen MR) is 79.5 cm³/mol. The number of fused-ring (bicyclic) bond motifs is 2. The molecule has 1 aliphatic heterocycles. The third-order valence-corrected chi connectivity index (χ3v) is 3.61. The number of nitrogens with zero attached hydrogens (tertiary/aromatic N) is 3. The van der Waals surface area contributed by atoms with Gasteiger partial charge < -0.3 is 4.57 Å². The molecule has 0 saturated carbocycles. The molecule has 2 heterocycles. The average Bonchev–Trinajstić information content (AvgIpc) is 2.89. The van der Waals surface area contributed by atoms with Gasteiger partial charge in [-0.2, -0.15) is 0 Å². The van der Waals surface area contributed by atoms with E-state index in [0.717, 1.165) is 34.9 Å². The van der Waals surface area contributed by atoms with Crippen LogP contribution >= 0.6 is 0 Å². The van der Waals surface area contributed by atoms with Crippen LogP contribution in [0.25, 0.3) is 0 Å². The molecule has 0 spiro atoms. The van der Waals surface area contributed by atoms with E-state index in [2.05, 4.69) is 15.6 Å². The van der Waals surface area contributed by atoms with Crippen molar-refractivity contribution in [2.45, 2.75) is 6.54 Å². The van der Waals surface area contributed by atoms with Crippen molar-refractivity contribution < 1.29 is 4.39 Å². The minimum absolute atomic E-state index is 0.253. The Kier molecular flexibility index (Phi) is 2.67. The van der Waals surface area contributed by atoms with E-state index in [1.807, 2.05) is 24.4 Å². The second-order valence-corrected chi connectivity index (χ2v) is 4.97. The maximum atomic E-state index is 13.1. The Hall–Kier alpha value is -2.75. The lowest BCUT2D eigenvalue weighted by molar-refractivity contribution is 0.628. The van der Waals surface area contributed by atoms with Crippen LogP contribution in [0.4, 0.5) is 10.1 Å². The first-order valence-electron chi connectivity index (χ1n) is 6.75.